The van der Waals surface area contributed by atoms with Crippen molar-refractivity contribution in [3.05, 3.63) is 64.8 Å². The zero-order valence-corrected chi connectivity index (χ0v) is 24.5. The molecule has 2 unspecified atom stereocenters. The van der Waals surface area contributed by atoms with Gasteiger partial charge in [-0.25, -0.2) is 0 Å². The average Bonchev–Trinajstić information content (AvgIpc) is 3.42. The number of anilines is 1. The van der Waals surface area contributed by atoms with Crippen molar-refractivity contribution in [2.24, 2.45) is 5.92 Å². The lowest BCUT2D eigenvalue weighted by atomic mass is 9.66. The minimum atomic E-state index is -0.676. The summed E-state index contributed by atoms with van der Waals surface area (Å²) in [4.78, 5) is 32.2. The predicted octanol–water partition coefficient (Wildman–Crippen LogP) is 5.78. The first-order chi connectivity index (χ1) is 19.9. The number of piperidine rings is 1. The summed E-state index contributed by atoms with van der Waals surface area (Å²) in [6, 6.07) is 18.6. The van der Waals surface area contributed by atoms with Crippen LogP contribution in [0.4, 0.5) is 5.69 Å². The van der Waals surface area contributed by atoms with Gasteiger partial charge in [-0.1, -0.05) is 36.2 Å². The molecule has 2 amide bonds. The summed E-state index contributed by atoms with van der Waals surface area (Å²) in [6.45, 7) is 3.13. The summed E-state index contributed by atoms with van der Waals surface area (Å²) in [5.74, 6) is 0.0409. The number of fused-ring (bicyclic) bond motifs is 3. The minimum absolute atomic E-state index is 0.0994. The molecular weight excluding hydrogens is 534 g/mol. The van der Waals surface area contributed by atoms with Gasteiger partial charge in [0.1, 0.15) is 0 Å². The van der Waals surface area contributed by atoms with Gasteiger partial charge in [-0.3, -0.25) is 9.59 Å². The first-order valence-electron chi connectivity index (χ1n) is 14.9. The first kappa shape index (κ1) is 27.8. The Morgan fingerprint density at radius 3 is 2.76 bits per heavy atom. The predicted molar refractivity (Wildman–Crippen MR) is 162 cm³/mol. The summed E-state index contributed by atoms with van der Waals surface area (Å²) in [7, 11) is 2.12. The molecule has 1 aliphatic carbocycles. The van der Waals surface area contributed by atoms with Crippen molar-refractivity contribution in [3.8, 4) is 6.07 Å². The number of likely N-dealkylation sites (tertiary alicyclic amines) is 1. The molecule has 3 aliphatic rings. The summed E-state index contributed by atoms with van der Waals surface area (Å²) < 4.78 is 2.22. The number of aryl methyl sites for hydroxylation is 1. The molecule has 214 valence electrons. The number of benzene rings is 2. The molecule has 1 N–H and O–H groups in total. The molecule has 3 aromatic rings. The third kappa shape index (κ3) is 5.24. The molecule has 1 spiro atoms. The molecule has 0 bridgehead atoms. The molecule has 6 rings (SSSR count). The number of rotatable bonds is 7. The Bertz CT molecular complexity index is 1500. The molecule has 0 radical (unpaired) electrons. The van der Waals surface area contributed by atoms with E-state index < -0.39 is 5.41 Å². The van der Waals surface area contributed by atoms with Gasteiger partial charge in [0.15, 0.2) is 0 Å². The van der Waals surface area contributed by atoms with Crippen LogP contribution in [0.15, 0.2) is 48.5 Å². The molecule has 1 aromatic heterocycles. The Balaban J connectivity index is 1.28. The standard InChI is InChI=1S/C33H38ClN5O2/c1-37-17-12-26(13-18-37)36-31(40)23-7-6-14-33(21-23)28-8-2-3-9-30(28)39(32(33)41)22-27-20-24-19-25(34)10-11-29(24)38(27)16-5-4-15-35/h2-3,8-11,19-20,23,26H,4-7,12-14,16-18,21-22H2,1H3,(H,36,40). The Morgan fingerprint density at radius 1 is 1.15 bits per heavy atom. The monoisotopic (exact) mass is 571 g/mol. The van der Waals surface area contributed by atoms with Crippen LogP contribution in [-0.4, -0.2) is 47.5 Å². The highest BCUT2D eigenvalue weighted by Crippen LogP contribution is 2.52. The van der Waals surface area contributed by atoms with E-state index in [2.05, 4.69) is 40.0 Å². The molecule has 41 heavy (non-hydrogen) atoms. The lowest BCUT2D eigenvalue weighted by Crippen LogP contribution is -2.49. The highest BCUT2D eigenvalue weighted by molar-refractivity contribution is 6.31. The number of amides is 2. The van der Waals surface area contributed by atoms with Gasteiger partial charge in [-0.15, -0.1) is 0 Å². The molecule has 2 aliphatic heterocycles. The van der Waals surface area contributed by atoms with Crippen LogP contribution >= 0.6 is 11.6 Å². The van der Waals surface area contributed by atoms with Crippen molar-refractivity contribution >= 4 is 40.0 Å². The largest absolute Gasteiger partial charge is 0.353 e. The Kier molecular flexibility index (Phi) is 7.80. The van der Waals surface area contributed by atoms with E-state index in [1.807, 2.05) is 41.3 Å². The topological polar surface area (TPSA) is 81.4 Å². The molecule has 1 saturated heterocycles. The van der Waals surface area contributed by atoms with Gasteiger partial charge in [-0.2, -0.15) is 5.26 Å². The van der Waals surface area contributed by atoms with Gasteiger partial charge in [0, 0.05) is 52.2 Å². The van der Waals surface area contributed by atoms with E-state index in [1.165, 1.54) is 0 Å². The van der Waals surface area contributed by atoms with Crippen LogP contribution in [0.1, 0.15) is 62.6 Å². The van der Waals surface area contributed by atoms with E-state index in [0.29, 0.717) is 31.0 Å². The number of nitrogens with one attached hydrogen (secondary N) is 1. The smallest absolute Gasteiger partial charge is 0.238 e. The SMILES string of the molecule is CN1CCC(NC(=O)C2CCCC3(C2)C(=O)N(Cc2cc4cc(Cl)ccc4n2CCCC#N)c2ccccc23)CC1. The zero-order chi connectivity index (χ0) is 28.6. The van der Waals surface area contributed by atoms with Crippen molar-refractivity contribution < 1.29 is 9.59 Å². The van der Waals surface area contributed by atoms with E-state index in [9.17, 15) is 9.59 Å². The van der Waals surface area contributed by atoms with Gasteiger partial charge >= 0.3 is 0 Å². The number of para-hydroxylation sites is 1. The van der Waals surface area contributed by atoms with Crippen LogP contribution in [0.3, 0.4) is 0 Å². The minimum Gasteiger partial charge on any atom is -0.353 e. The Morgan fingerprint density at radius 2 is 1.95 bits per heavy atom. The third-order valence-corrected chi connectivity index (χ3v) is 9.73. The van der Waals surface area contributed by atoms with Crippen LogP contribution in [0.25, 0.3) is 10.9 Å². The van der Waals surface area contributed by atoms with Crippen LogP contribution in [0, 0.1) is 17.2 Å². The van der Waals surface area contributed by atoms with E-state index in [1.54, 1.807) is 0 Å². The zero-order valence-electron chi connectivity index (χ0n) is 23.7. The van der Waals surface area contributed by atoms with Crippen molar-refractivity contribution in [2.45, 2.75) is 75.9 Å². The second-order valence-corrected chi connectivity index (χ2v) is 12.6. The van der Waals surface area contributed by atoms with Crippen molar-refractivity contribution in [1.82, 2.24) is 14.8 Å². The molecule has 7 nitrogen and oxygen atoms in total. The summed E-state index contributed by atoms with van der Waals surface area (Å²) in [6.07, 6.45) is 6.15. The second-order valence-electron chi connectivity index (χ2n) is 12.1. The Hall–Kier alpha value is -3.34. The number of carbonyl (C=O) groups excluding carboxylic acids is 2. The number of carbonyl (C=O) groups is 2. The van der Waals surface area contributed by atoms with Gasteiger partial charge in [0.05, 0.1) is 18.0 Å². The number of halogens is 1. The van der Waals surface area contributed by atoms with E-state index in [0.717, 1.165) is 79.5 Å². The van der Waals surface area contributed by atoms with E-state index >= 15 is 0 Å². The Labute approximate surface area is 247 Å². The van der Waals surface area contributed by atoms with Crippen molar-refractivity contribution in [2.75, 3.05) is 25.0 Å². The quantitative estimate of drug-likeness (QED) is 0.364. The van der Waals surface area contributed by atoms with Gasteiger partial charge in [0.2, 0.25) is 11.8 Å². The van der Waals surface area contributed by atoms with Crippen LogP contribution < -0.4 is 10.2 Å². The van der Waals surface area contributed by atoms with Gasteiger partial charge in [-0.05, 0) is 94.6 Å². The summed E-state index contributed by atoms with van der Waals surface area (Å²) >= 11 is 6.32. The maximum Gasteiger partial charge on any atom is 0.238 e. The maximum absolute atomic E-state index is 14.5. The molecule has 2 fully saturated rings. The fourth-order valence-electron chi connectivity index (χ4n) is 7.34. The number of nitriles is 1. The van der Waals surface area contributed by atoms with Crippen LogP contribution in [0.5, 0.6) is 0 Å². The molecule has 1 saturated carbocycles. The van der Waals surface area contributed by atoms with Crippen LogP contribution in [-0.2, 0) is 28.1 Å². The molecule has 8 heteroatoms. The highest BCUT2D eigenvalue weighted by atomic mass is 35.5. The normalized spacial score (nSPS) is 23.2. The van der Waals surface area contributed by atoms with Crippen molar-refractivity contribution in [3.63, 3.8) is 0 Å². The average molecular weight is 572 g/mol. The molecule has 2 atom stereocenters. The maximum atomic E-state index is 14.5. The molecular formula is C33H38ClN5O2. The lowest BCUT2D eigenvalue weighted by molar-refractivity contribution is -0.130. The highest BCUT2D eigenvalue weighted by Gasteiger charge is 2.53. The fourth-order valence-corrected chi connectivity index (χ4v) is 7.52. The van der Waals surface area contributed by atoms with Crippen LogP contribution in [0.2, 0.25) is 5.02 Å². The molecule has 2 aromatic carbocycles. The second kappa shape index (κ2) is 11.5. The lowest BCUT2D eigenvalue weighted by Gasteiger charge is -2.38. The third-order valence-electron chi connectivity index (χ3n) is 9.49. The number of aromatic nitrogens is 1. The number of hydrogen-bond donors (Lipinski definition) is 1. The van der Waals surface area contributed by atoms with E-state index in [-0.39, 0.29) is 23.8 Å². The summed E-state index contributed by atoms with van der Waals surface area (Å²) in [5.41, 5.74) is 3.40. The first-order valence-corrected chi connectivity index (χ1v) is 15.3. The van der Waals surface area contributed by atoms with Gasteiger partial charge < -0.3 is 19.7 Å². The fraction of sp³-hybridized carbons (Fsp3) is 0.485. The van der Waals surface area contributed by atoms with Gasteiger partial charge in [0.25, 0.3) is 0 Å². The van der Waals surface area contributed by atoms with E-state index in [4.69, 9.17) is 16.9 Å². The van der Waals surface area contributed by atoms with Crippen molar-refractivity contribution in [1.29, 1.82) is 5.26 Å². The number of nitrogens with zero attached hydrogens (tertiary/aromatic N) is 4. The summed E-state index contributed by atoms with van der Waals surface area (Å²) in [5, 5.41) is 14.2. The number of hydrogen-bond acceptors (Lipinski definition) is 4. The number of unbranched alkanes of at least 4 members (excludes halogenated alkanes) is 1. The molecule has 3 heterocycles.